The van der Waals surface area contributed by atoms with E-state index in [4.69, 9.17) is 5.73 Å². The van der Waals surface area contributed by atoms with Crippen molar-refractivity contribution in [1.82, 2.24) is 4.98 Å². The topological polar surface area (TPSA) is 38.9 Å². The summed E-state index contributed by atoms with van der Waals surface area (Å²) in [5.74, 6) is -0.370. The Kier molecular flexibility index (Phi) is 3.54. The maximum absolute atomic E-state index is 13.1. The van der Waals surface area contributed by atoms with Gasteiger partial charge in [-0.05, 0) is 35.7 Å². The molecule has 0 aliphatic heterocycles. The molecule has 1 aromatic carbocycles. The van der Waals surface area contributed by atoms with Crippen LogP contribution in [0, 0.1) is 12.7 Å². The number of aromatic nitrogens is 1. The lowest BCUT2D eigenvalue weighted by Gasteiger charge is -2.15. The van der Waals surface area contributed by atoms with E-state index in [0.717, 1.165) is 15.6 Å². The summed E-state index contributed by atoms with van der Waals surface area (Å²) in [5.41, 5.74) is 8.82. The van der Waals surface area contributed by atoms with Crippen LogP contribution in [0.5, 0.6) is 0 Å². The van der Waals surface area contributed by atoms with Crippen LogP contribution in [0.25, 0.3) is 0 Å². The lowest BCUT2D eigenvalue weighted by molar-refractivity contribution is 0.616. The summed E-state index contributed by atoms with van der Waals surface area (Å²) < 4.78 is 14.1. The summed E-state index contributed by atoms with van der Waals surface area (Å²) >= 11 is 3.46. The summed E-state index contributed by atoms with van der Waals surface area (Å²) in [5, 5.41) is 0. The molecule has 0 bridgehead atoms. The average Bonchev–Trinajstić information content (AvgIpc) is 2.32. The largest absolute Gasteiger partial charge is 0.320 e. The number of nitrogens with zero attached hydrogens (tertiary/aromatic N) is 1. The number of benzene rings is 1. The summed E-state index contributed by atoms with van der Waals surface area (Å²) in [6.45, 7) is 1.98. The first-order valence-electron chi connectivity index (χ1n) is 5.20. The normalized spacial score (nSPS) is 12.5. The fourth-order valence-electron chi connectivity index (χ4n) is 1.74. The molecule has 0 aliphatic rings. The van der Waals surface area contributed by atoms with Gasteiger partial charge in [0.05, 0.1) is 12.2 Å². The van der Waals surface area contributed by atoms with E-state index in [2.05, 4.69) is 20.9 Å². The second-order valence-electron chi connectivity index (χ2n) is 3.87. The molecule has 2 rings (SSSR count). The molecule has 0 saturated heterocycles. The first kappa shape index (κ1) is 12.2. The minimum atomic E-state index is -0.370. The lowest BCUT2D eigenvalue weighted by atomic mass is 9.97. The zero-order valence-electron chi connectivity index (χ0n) is 9.32. The molecule has 0 fully saturated rings. The Hall–Kier alpha value is -1.26. The Morgan fingerprint density at radius 1 is 1.35 bits per heavy atom. The predicted octanol–water partition coefficient (Wildman–Crippen LogP) is 3.34. The number of hydrogen-bond donors (Lipinski definition) is 1. The van der Waals surface area contributed by atoms with Gasteiger partial charge in [0.15, 0.2) is 0 Å². The van der Waals surface area contributed by atoms with Gasteiger partial charge < -0.3 is 5.73 Å². The van der Waals surface area contributed by atoms with Crippen LogP contribution in [0.2, 0.25) is 0 Å². The Morgan fingerprint density at radius 2 is 2.12 bits per heavy atom. The Labute approximate surface area is 108 Å². The monoisotopic (exact) mass is 294 g/mol. The van der Waals surface area contributed by atoms with E-state index in [1.165, 1.54) is 12.3 Å². The molecular formula is C13H12BrFN2. The van der Waals surface area contributed by atoms with E-state index >= 15 is 0 Å². The van der Waals surface area contributed by atoms with E-state index in [1.807, 2.05) is 25.1 Å². The molecule has 1 heterocycles. The first-order valence-corrected chi connectivity index (χ1v) is 6.00. The highest BCUT2D eigenvalue weighted by Gasteiger charge is 2.13. The molecule has 0 aliphatic carbocycles. The lowest BCUT2D eigenvalue weighted by Crippen LogP contribution is -2.14. The van der Waals surface area contributed by atoms with Crippen molar-refractivity contribution in [3.8, 4) is 0 Å². The van der Waals surface area contributed by atoms with Gasteiger partial charge in [-0.2, -0.15) is 0 Å². The molecule has 0 radical (unpaired) electrons. The maximum Gasteiger partial charge on any atom is 0.141 e. The molecule has 2 nitrogen and oxygen atoms in total. The van der Waals surface area contributed by atoms with Crippen LogP contribution in [0.15, 0.2) is 41.1 Å². The summed E-state index contributed by atoms with van der Waals surface area (Å²) in [6, 6.07) is 6.86. The van der Waals surface area contributed by atoms with Gasteiger partial charge in [-0.3, -0.25) is 4.98 Å². The SMILES string of the molecule is Cc1c(Br)cccc1C(N)c1cncc(F)c1. The van der Waals surface area contributed by atoms with Crippen LogP contribution in [-0.4, -0.2) is 4.98 Å². The highest BCUT2D eigenvalue weighted by molar-refractivity contribution is 9.10. The number of rotatable bonds is 2. The Morgan fingerprint density at radius 3 is 2.82 bits per heavy atom. The standard InChI is InChI=1S/C13H12BrFN2/c1-8-11(3-2-4-12(8)14)13(16)9-5-10(15)7-17-6-9/h2-7,13H,16H2,1H3. The van der Waals surface area contributed by atoms with Crippen LogP contribution < -0.4 is 5.73 Å². The number of pyridine rings is 1. The highest BCUT2D eigenvalue weighted by atomic mass is 79.9. The smallest absolute Gasteiger partial charge is 0.141 e. The summed E-state index contributed by atoms with van der Waals surface area (Å²) in [4.78, 5) is 3.82. The van der Waals surface area contributed by atoms with Gasteiger partial charge >= 0.3 is 0 Å². The molecule has 1 atom stereocenters. The summed E-state index contributed by atoms with van der Waals surface area (Å²) in [7, 11) is 0. The Balaban J connectivity index is 2.44. The molecule has 2 aromatic rings. The van der Waals surface area contributed by atoms with Gasteiger partial charge in [0.25, 0.3) is 0 Å². The summed E-state index contributed by atoms with van der Waals surface area (Å²) in [6.07, 6.45) is 2.76. The highest BCUT2D eigenvalue weighted by Crippen LogP contribution is 2.27. The maximum atomic E-state index is 13.1. The van der Waals surface area contributed by atoms with Gasteiger partial charge in [-0.15, -0.1) is 0 Å². The van der Waals surface area contributed by atoms with Gasteiger partial charge in [-0.1, -0.05) is 28.1 Å². The van der Waals surface area contributed by atoms with Crippen molar-refractivity contribution >= 4 is 15.9 Å². The second-order valence-corrected chi connectivity index (χ2v) is 4.72. The minimum Gasteiger partial charge on any atom is -0.320 e. The van der Waals surface area contributed by atoms with Crippen molar-refractivity contribution in [1.29, 1.82) is 0 Å². The van der Waals surface area contributed by atoms with Crippen molar-refractivity contribution < 1.29 is 4.39 Å². The third kappa shape index (κ3) is 2.53. The van der Waals surface area contributed by atoms with Crippen LogP contribution >= 0.6 is 15.9 Å². The Bertz CT molecular complexity index is 543. The van der Waals surface area contributed by atoms with E-state index in [-0.39, 0.29) is 11.9 Å². The molecule has 2 N–H and O–H groups in total. The van der Waals surface area contributed by atoms with E-state index in [0.29, 0.717) is 5.56 Å². The number of nitrogens with two attached hydrogens (primary N) is 1. The van der Waals surface area contributed by atoms with Crippen molar-refractivity contribution in [3.63, 3.8) is 0 Å². The van der Waals surface area contributed by atoms with E-state index < -0.39 is 0 Å². The van der Waals surface area contributed by atoms with Gasteiger partial charge in [0, 0.05) is 10.7 Å². The molecule has 0 amide bonds. The number of hydrogen-bond acceptors (Lipinski definition) is 2. The van der Waals surface area contributed by atoms with Crippen LogP contribution in [0.4, 0.5) is 4.39 Å². The van der Waals surface area contributed by atoms with Crippen molar-refractivity contribution in [2.24, 2.45) is 5.73 Å². The molecule has 1 aromatic heterocycles. The molecule has 4 heteroatoms. The zero-order valence-corrected chi connectivity index (χ0v) is 10.9. The van der Waals surface area contributed by atoms with Crippen molar-refractivity contribution in [3.05, 3.63) is 63.6 Å². The minimum absolute atomic E-state index is 0.365. The van der Waals surface area contributed by atoms with Gasteiger partial charge in [0.2, 0.25) is 0 Å². The first-order chi connectivity index (χ1) is 8.09. The fraction of sp³-hybridized carbons (Fsp3) is 0.154. The van der Waals surface area contributed by atoms with Crippen LogP contribution in [-0.2, 0) is 0 Å². The molecule has 1 unspecified atom stereocenters. The van der Waals surface area contributed by atoms with Gasteiger partial charge in [-0.25, -0.2) is 4.39 Å². The molecule has 17 heavy (non-hydrogen) atoms. The predicted molar refractivity (Wildman–Crippen MR) is 69.1 cm³/mol. The average molecular weight is 295 g/mol. The molecule has 0 spiro atoms. The number of halogens is 2. The second kappa shape index (κ2) is 4.94. The van der Waals surface area contributed by atoms with Crippen molar-refractivity contribution in [2.45, 2.75) is 13.0 Å². The molecular weight excluding hydrogens is 283 g/mol. The third-order valence-corrected chi connectivity index (χ3v) is 3.59. The fourth-order valence-corrected chi connectivity index (χ4v) is 2.12. The van der Waals surface area contributed by atoms with Crippen LogP contribution in [0.1, 0.15) is 22.7 Å². The van der Waals surface area contributed by atoms with E-state index in [9.17, 15) is 4.39 Å². The zero-order chi connectivity index (χ0) is 12.4. The molecule has 0 saturated carbocycles. The van der Waals surface area contributed by atoms with Gasteiger partial charge in [0.1, 0.15) is 5.82 Å². The third-order valence-electron chi connectivity index (χ3n) is 2.73. The van der Waals surface area contributed by atoms with Crippen molar-refractivity contribution in [2.75, 3.05) is 0 Å². The quantitative estimate of drug-likeness (QED) is 0.923. The molecule has 88 valence electrons. The van der Waals surface area contributed by atoms with Crippen LogP contribution in [0.3, 0.4) is 0 Å². The van der Waals surface area contributed by atoms with E-state index in [1.54, 1.807) is 6.20 Å².